The first-order valence-corrected chi connectivity index (χ1v) is 9.46. The molecule has 2 aromatic heterocycles. The summed E-state index contributed by atoms with van der Waals surface area (Å²) in [6.45, 7) is 3.42. The number of carbonyl (C=O) groups excluding carboxylic acids is 1. The maximum absolute atomic E-state index is 13.0. The van der Waals surface area contributed by atoms with Gasteiger partial charge in [0.2, 0.25) is 5.95 Å². The Labute approximate surface area is 168 Å². The summed E-state index contributed by atoms with van der Waals surface area (Å²) in [5.74, 6) is 0.913. The van der Waals surface area contributed by atoms with Gasteiger partial charge in [-0.1, -0.05) is 18.2 Å². The molecule has 148 valence electrons. The Morgan fingerprint density at radius 2 is 1.69 bits per heavy atom. The van der Waals surface area contributed by atoms with Gasteiger partial charge in [0.05, 0.1) is 0 Å². The average molecular weight is 392 g/mol. The number of aromatic nitrogens is 3. The molecular formula is C21H21FN6O. The van der Waals surface area contributed by atoms with Gasteiger partial charge in [-0.2, -0.15) is 0 Å². The fourth-order valence-electron chi connectivity index (χ4n) is 3.18. The molecule has 0 aliphatic carbocycles. The summed E-state index contributed by atoms with van der Waals surface area (Å²) in [6, 6.07) is 13.5. The van der Waals surface area contributed by atoms with E-state index in [1.54, 1.807) is 30.6 Å². The second-order valence-corrected chi connectivity index (χ2v) is 6.71. The molecule has 3 aromatic rings. The SMILES string of the molecule is O=C(NCc1ccc(F)cc1)c1ccnc(N2CCN(c3ccccn3)CC2)n1. The van der Waals surface area contributed by atoms with Gasteiger partial charge in [0.15, 0.2) is 0 Å². The molecule has 1 amide bonds. The van der Waals surface area contributed by atoms with E-state index in [2.05, 4.69) is 30.1 Å². The number of amides is 1. The highest BCUT2D eigenvalue weighted by atomic mass is 19.1. The quantitative estimate of drug-likeness (QED) is 0.718. The minimum atomic E-state index is -0.302. The number of nitrogens with one attached hydrogen (secondary N) is 1. The van der Waals surface area contributed by atoms with Crippen molar-refractivity contribution in [1.29, 1.82) is 0 Å². The highest BCUT2D eigenvalue weighted by molar-refractivity contribution is 5.92. The summed E-state index contributed by atoms with van der Waals surface area (Å²) < 4.78 is 13.0. The van der Waals surface area contributed by atoms with Crippen LogP contribution in [0.1, 0.15) is 16.1 Å². The largest absolute Gasteiger partial charge is 0.353 e. The van der Waals surface area contributed by atoms with Gasteiger partial charge in [-0.15, -0.1) is 0 Å². The predicted molar refractivity (Wildman–Crippen MR) is 108 cm³/mol. The van der Waals surface area contributed by atoms with Crippen LogP contribution < -0.4 is 15.1 Å². The molecule has 0 bridgehead atoms. The van der Waals surface area contributed by atoms with Crippen molar-refractivity contribution in [3.63, 3.8) is 0 Å². The van der Waals surface area contributed by atoms with Gasteiger partial charge in [-0.3, -0.25) is 4.79 Å². The summed E-state index contributed by atoms with van der Waals surface area (Å²) in [5.41, 5.74) is 1.13. The number of anilines is 2. The number of hydrogen-bond donors (Lipinski definition) is 1. The highest BCUT2D eigenvalue weighted by Crippen LogP contribution is 2.16. The molecule has 0 unspecified atom stereocenters. The van der Waals surface area contributed by atoms with Crippen molar-refractivity contribution in [3.05, 3.63) is 78.0 Å². The molecule has 1 saturated heterocycles. The Kier molecular flexibility index (Phi) is 5.60. The molecule has 29 heavy (non-hydrogen) atoms. The van der Waals surface area contributed by atoms with Crippen molar-refractivity contribution in [3.8, 4) is 0 Å². The number of carbonyl (C=O) groups is 1. The second-order valence-electron chi connectivity index (χ2n) is 6.71. The smallest absolute Gasteiger partial charge is 0.270 e. The zero-order valence-electron chi connectivity index (χ0n) is 15.8. The van der Waals surface area contributed by atoms with Crippen molar-refractivity contribution >= 4 is 17.7 Å². The van der Waals surface area contributed by atoms with Crippen LogP contribution >= 0.6 is 0 Å². The number of rotatable bonds is 5. The van der Waals surface area contributed by atoms with Gasteiger partial charge in [0.1, 0.15) is 17.3 Å². The third-order valence-electron chi connectivity index (χ3n) is 4.78. The predicted octanol–water partition coefficient (Wildman–Crippen LogP) is 2.27. The molecular weight excluding hydrogens is 371 g/mol. The van der Waals surface area contributed by atoms with Crippen LogP contribution in [0.3, 0.4) is 0 Å². The first kappa shape index (κ1) is 18.8. The Hall–Kier alpha value is -3.55. The number of halogens is 1. The lowest BCUT2D eigenvalue weighted by molar-refractivity contribution is 0.0946. The van der Waals surface area contributed by atoms with E-state index in [9.17, 15) is 9.18 Å². The minimum absolute atomic E-state index is 0.287. The van der Waals surface area contributed by atoms with Gasteiger partial charge in [0, 0.05) is 45.1 Å². The molecule has 0 saturated carbocycles. The van der Waals surface area contributed by atoms with E-state index in [1.165, 1.54) is 12.1 Å². The van der Waals surface area contributed by atoms with E-state index in [0.29, 0.717) is 18.2 Å². The van der Waals surface area contributed by atoms with Crippen LogP contribution in [-0.4, -0.2) is 47.0 Å². The maximum Gasteiger partial charge on any atom is 0.270 e. The molecule has 0 radical (unpaired) electrons. The topological polar surface area (TPSA) is 74.2 Å². The van der Waals surface area contributed by atoms with Gasteiger partial charge >= 0.3 is 0 Å². The van der Waals surface area contributed by atoms with Crippen LogP contribution in [0.2, 0.25) is 0 Å². The van der Waals surface area contributed by atoms with E-state index in [-0.39, 0.29) is 11.7 Å². The van der Waals surface area contributed by atoms with Crippen LogP contribution in [0, 0.1) is 5.82 Å². The molecule has 0 spiro atoms. The summed E-state index contributed by atoms with van der Waals surface area (Å²) >= 11 is 0. The molecule has 8 heteroatoms. The Bertz CT molecular complexity index is 958. The zero-order chi connectivity index (χ0) is 20.1. The van der Waals surface area contributed by atoms with Crippen molar-refractivity contribution in [2.24, 2.45) is 0 Å². The summed E-state index contributed by atoms with van der Waals surface area (Å²) in [7, 11) is 0. The van der Waals surface area contributed by atoms with Crippen molar-refractivity contribution in [1.82, 2.24) is 20.3 Å². The molecule has 1 aromatic carbocycles. The second kappa shape index (κ2) is 8.64. The standard InChI is InChI=1S/C21H21FN6O/c22-17-6-4-16(5-7-17)15-25-20(29)18-8-10-24-21(26-18)28-13-11-27(12-14-28)19-3-1-2-9-23-19/h1-10H,11-15H2,(H,25,29). The summed E-state index contributed by atoms with van der Waals surface area (Å²) in [5, 5.41) is 2.81. The van der Waals surface area contributed by atoms with E-state index in [1.807, 2.05) is 18.2 Å². The molecule has 3 heterocycles. The van der Waals surface area contributed by atoms with Crippen LogP contribution in [0.4, 0.5) is 16.2 Å². The van der Waals surface area contributed by atoms with Crippen molar-refractivity contribution in [2.45, 2.75) is 6.54 Å². The molecule has 1 N–H and O–H groups in total. The van der Waals surface area contributed by atoms with Gasteiger partial charge in [-0.25, -0.2) is 19.3 Å². The third kappa shape index (κ3) is 4.66. The van der Waals surface area contributed by atoms with Crippen LogP contribution in [-0.2, 0) is 6.54 Å². The first-order chi connectivity index (χ1) is 14.2. The van der Waals surface area contributed by atoms with E-state index < -0.39 is 0 Å². The molecule has 0 atom stereocenters. The van der Waals surface area contributed by atoms with E-state index in [4.69, 9.17) is 0 Å². The number of pyridine rings is 1. The zero-order valence-corrected chi connectivity index (χ0v) is 15.8. The van der Waals surface area contributed by atoms with Crippen LogP contribution in [0.25, 0.3) is 0 Å². The fraction of sp³-hybridized carbons (Fsp3) is 0.238. The lowest BCUT2D eigenvalue weighted by atomic mass is 10.2. The lowest BCUT2D eigenvalue weighted by Crippen LogP contribution is -2.47. The van der Waals surface area contributed by atoms with Gasteiger partial charge in [0.25, 0.3) is 5.91 Å². The third-order valence-corrected chi connectivity index (χ3v) is 4.78. The Morgan fingerprint density at radius 1 is 0.931 bits per heavy atom. The van der Waals surface area contributed by atoms with Crippen LogP contribution in [0.15, 0.2) is 60.9 Å². The number of benzene rings is 1. The maximum atomic E-state index is 13.0. The summed E-state index contributed by atoms with van der Waals surface area (Å²) in [6.07, 6.45) is 3.39. The number of piperazine rings is 1. The van der Waals surface area contributed by atoms with Crippen molar-refractivity contribution < 1.29 is 9.18 Å². The van der Waals surface area contributed by atoms with E-state index >= 15 is 0 Å². The minimum Gasteiger partial charge on any atom is -0.353 e. The van der Waals surface area contributed by atoms with Gasteiger partial charge in [-0.05, 0) is 35.9 Å². The number of nitrogens with zero attached hydrogens (tertiary/aromatic N) is 5. The van der Waals surface area contributed by atoms with Gasteiger partial charge < -0.3 is 15.1 Å². The van der Waals surface area contributed by atoms with Crippen molar-refractivity contribution in [2.75, 3.05) is 36.0 Å². The molecule has 1 aliphatic heterocycles. The first-order valence-electron chi connectivity index (χ1n) is 9.46. The molecule has 1 aliphatic rings. The van der Waals surface area contributed by atoms with E-state index in [0.717, 1.165) is 37.6 Å². The fourth-order valence-corrected chi connectivity index (χ4v) is 3.18. The monoisotopic (exact) mass is 392 g/mol. The number of hydrogen-bond acceptors (Lipinski definition) is 6. The Morgan fingerprint density at radius 3 is 2.41 bits per heavy atom. The normalized spacial score (nSPS) is 14.0. The Balaban J connectivity index is 1.36. The average Bonchev–Trinajstić information content (AvgIpc) is 2.79. The molecule has 1 fully saturated rings. The van der Waals surface area contributed by atoms with Crippen LogP contribution in [0.5, 0.6) is 0 Å². The summed E-state index contributed by atoms with van der Waals surface area (Å²) in [4.78, 5) is 29.9. The highest BCUT2D eigenvalue weighted by Gasteiger charge is 2.20. The molecule has 7 nitrogen and oxygen atoms in total. The molecule has 4 rings (SSSR count). The lowest BCUT2D eigenvalue weighted by Gasteiger charge is -2.35.